The van der Waals surface area contributed by atoms with Crippen molar-refractivity contribution in [2.45, 2.75) is 25.4 Å². The van der Waals surface area contributed by atoms with E-state index in [2.05, 4.69) is 5.32 Å². The van der Waals surface area contributed by atoms with Gasteiger partial charge < -0.3 is 15.0 Å². The van der Waals surface area contributed by atoms with Gasteiger partial charge in [-0.1, -0.05) is 23.7 Å². The lowest BCUT2D eigenvalue weighted by atomic mass is 10.0. The molecule has 0 radical (unpaired) electrons. The van der Waals surface area contributed by atoms with Crippen molar-refractivity contribution in [3.63, 3.8) is 0 Å². The Labute approximate surface area is 135 Å². The number of morpholine rings is 1. The van der Waals surface area contributed by atoms with E-state index < -0.39 is 5.60 Å². The normalized spacial score (nSPS) is 21.5. The van der Waals surface area contributed by atoms with Crippen molar-refractivity contribution in [3.05, 3.63) is 34.9 Å². The zero-order chi connectivity index (χ0) is 16.2. The van der Waals surface area contributed by atoms with Gasteiger partial charge in [0, 0.05) is 25.0 Å². The van der Waals surface area contributed by atoms with Crippen molar-refractivity contribution in [1.82, 2.24) is 10.2 Å². The molecule has 1 aromatic carbocycles. The fraction of sp³-hybridized carbons (Fsp3) is 0.500. The molecule has 5 nitrogen and oxygen atoms in total. The average molecular weight is 325 g/mol. The monoisotopic (exact) mass is 324 g/mol. The number of carbonyl (C=O) groups is 2. The van der Waals surface area contributed by atoms with Crippen LogP contribution in [0.3, 0.4) is 0 Å². The molecule has 0 aromatic heterocycles. The van der Waals surface area contributed by atoms with E-state index in [0.29, 0.717) is 31.0 Å². The molecular weight excluding hydrogens is 304 g/mol. The van der Waals surface area contributed by atoms with Gasteiger partial charge in [0.1, 0.15) is 0 Å². The number of rotatable bonds is 4. The second kappa shape index (κ2) is 7.11. The van der Waals surface area contributed by atoms with Gasteiger partial charge in [0.25, 0.3) is 5.91 Å². The minimum atomic E-state index is -0.969. The van der Waals surface area contributed by atoms with Gasteiger partial charge in [-0.15, -0.1) is 0 Å². The van der Waals surface area contributed by atoms with E-state index in [4.69, 9.17) is 16.3 Å². The second-order valence-electron chi connectivity index (χ2n) is 5.60. The predicted molar refractivity (Wildman–Crippen MR) is 84.8 cm³/mol. The van der Waals surface area contributed by atoms with Gasteiger partial charge in [0.15, 0.2) is 5.60 Å². The second-order valence-corrected chi connectivity index (χ2v) is 6.04. The molecule has 0 spiro atoms. The highest BCUT2D eigenvalue weighted by atomic mass is 35.5. The van der Waals surface area contributed by atoms with Crippen LogP contribution in [0.4, 0.5) is 0 Å². The van der Waals surface area contributed by atoms with Crippen LogP contribution in [-0.4, -0.2) is 49.1 Å². The lowest BCUT2D eigenvalue weighted by Crippen LogP contribution is -2.58. The number of halogens is 1. The van der Waals surface area contributed by atoms with Gasteiger partial charge in [-0.05, 0) is 31.0 Å². The number of aryl methyl sites for hydroxylation is 1. The summed E-state index contributed by atoms with van der Waals surface area (Å²) in [6.45, 7) is 2.89. The number of ether oxygens (including phenoxy) is 1. The zero-order valence-corrected chi connectivity index (χ0v) is 13.7. The molecule has 0 saturated carbocycles. The third kappa shape index (κ3) is 3.99. The van der Waals surface area contributed by atoms with E-state index in [1.54, 1.807) is 18.9 Å². The molecule has 1 aromatic rings. The fourth-order valence-corrected chi connectivity index (χ4v) is 2.67. The predicted octanol–water partition coefficient (Wildman–Crippen LogP) is 1.64. The highest BCUT2D eigenvalue weighted by Crippen LogP contribution is 2.19. The van der Waals surface area contributed by atoms with Crippen molar-refractivity contribution in [2.24, 2.45) is 0 Å². The van der Waals surface area contributed by atoms with Crippen LogP contribution in [0.5, 0.6) is 0 Å². The number of hydrogen-bond acceptors (Lipinski definition) is 3. The van der Waals surface area contributed by atoms with Crippen molar-refractivity contribution in [3.8, 4) is 0 Å². The van der Waals surface area contributed by atoms with Crippen molar-refractivity contribution < 1.29 is 14.3 Å². The molecule has 1 unspecified atom stereocenters. The van der Waals surface area contributed by atoms with Gasteiger partial charge in [-0.2, -0.15) is 0 Å². The van der Waals surface area contributed by atoms with Gasteiger partial charge in [0.2, 0.25) is 5.91 Å². The first kappa shape index (κ1) is 16.8. The van der Waals surface area contributed by atoms with Crippen LogP contribution >= 0.6 is 11.6 Å². The number of nitrogens with one attached hydrogen (secondary N) is 1. The average Bonchev–Trinajstić information content (AvgIpc) is 2.53. The van der Waals surface area contributed by atoms with Crippen LogP contribution in [0.15, 0.2) is 24.3 Å². The van der Waals surface area contributed by atoms with Crippen molar-refractivity contribution >= 4 is 23.4 Å². The quantitative estimate of drug-likeness (QED) is 0.916. The summed E-state index contributed by atoms with van der Waals surface area (Å²) in [6, 6.07) is 7.48. The SMILES string of the molecule is CNC(=O)C1(C)CN(C(=O)CCc2ccc(Cl)cc2)CCO1. The molecule has 1 aliphatic heterocycles. The maximum Gasteiger partial charge on any atom is 0.253 e. The standard InChI is InChI=1S/C16H21ClN2O3/c1-16(15(21)18-2)11-19(9-10-22-16)14(20)8-5-12-3-6-13(17)7-4-12/h3-4,6-7H,5,8-11H2,1-2H3,(H,18,21). The van der Waals surface area contributed by atoms with Crippen molar-refractivity contribution in [2.75, 3.05) is 26.7 Å². The molecule has 1 fully saturated rings. The first-order valence-electron chi connectivity index (χ1n) is 7.33. The summed E-state index contributed by atoms with van der Waals surface area (Å²) >= 11 is 5.84. The minimum absolute atomic E-state index is 0.0355. The first-order chi connectivity index (χ1) is 10.4. The van der Waals surface area contributed by atoms with Gasteiger partial charge in [-0.3, -0.25) is 9.59 Å². The Hall–Kier alpha value is -1.59. The minimum Gasteiger partial charge on any atom is -0.362 e. The maximum atomic E-state index is 12.3. The Morgan fingerprint density at radius 2 is 2.05 bits per heavy atom. The third-order valence-electron chi connectivity index (χ3n) is 3.88. The summed E-state index contributed by atoms with van der Waals surface area (Å²) in [4.78, 5) is 25.9. The van der Waals surface area contributed by atoms with Crippen LogP contribution < -0.4 is 5.32 Å². The Morgan fingerprint density at radius 1 is 1.36 bits per heavy atom. The molecule has 1 saturated heterocycles. The lowest BCUT2D eigenvalue weighted by Gasteiger charge is -2.39. The molecule has 2 amide bonds. The molecule has 22 heavy (non-hydrogen) atoms. The molecule has 1 heterocycles. The molecule has 120 valence electrons. The molecule has 1 atom stereocenters. The van der Waals surface area contributed by atoms with Crippen molar-refractivity contribution in [1.29, 1.82) is 0 Å². The molecule has 0 bridgehead atoms. The van der Waals surface area contributed by atoms with E-state index in [0.717, 1.165) is 5.56 Å². The van der Waals surface area contributed by atoms with E-state index in [1.165, 1.54) is 0 Å². The molecular formula is C16H21ClN2O3. The lowest BCUT2D eigenvalue weighted by molar-refractivity contribution is -0.162. The number of likely N-dealkylation sites (N-methyl/N-ethyl adjacent to an activating group) is 1. The first-order valence-corrected chi connectivity index (χ1v) is 7.71. The fourth-order valence-electron chi connectivity index (χ4n) is 2.55. The van der Waals surface area contributed by atoms with Crippen LogP contribution in [0.1, 0.15) is 18.9 Å². The number of nitrogens with zero attached hydrogens (tertiary/aromatic N) is 1. The van der Waals surface area contributed by atoms with Crippen LogP contribution in [0.2, 0.25) is 5.02 Å². The molecule has 0 aliphatic carbocycles. The summed E-state index contributed by atoms with van der Waals surface area (Å²) in [5.74, 6) is -0.170. The number of hydrogen-bond donors (Lipinski definition) is 1. The number of amides is 2. The molecule has 1 aliphatic rings. The summed E-state index contributed by atoms with van der Waals surface area (Å²) in [5, 5.41) is 3.27. The van der Waals surface area contributed by atoms with Crippen LogP contribution in [-0.2, 0) is 20.7 Å². The molecule has 1 N–H and O–H groups in total. The smallest absolute Gasteiger partial charge is 0.253 e. The summed E-state index contributed by atoms with van der Waals surface area (Å²) in [6.07, 6.45) is 1.06. The molecule has 6 heteroatoms. The van der Waals surface area contributed by atoms with E-state index in [1.807, 2.05) is 24.3 Å². The third-order valence-corrected chi connectivity index (χ3v) is 4.13. The van der Waals surface area contributed by atoms with E-state index in [9.17, 15) is 9.59 Å². The van der Waals surface area contributed by atoms with Gasteiger partial charge in [0.05, 0.1) is 13.2 Å². The summed E-state index contributed by atoms with van der Waals surface area (Å²) < 4.78 is 5.55. The van der Waals surface area contributed by atoms with E-state index in [-0.39, 0.29) is 18.4 Å². The van der Waals surface area contributed by atoms with Crippen LogP contribution in [0, 0.1) is 0 Å². The molecule has 2 rings (SSSR count). The maximum absolute atomic E-state index is 12.3. The highest BCUT2D eigenvalue weighted by molar-refractivity contribution is 6.30. The largest absolute Gasteiger partial charge is 0.362 e. The highest BCUT2D eigenvalue weighted by Gasteiger charge is 2.39. The summed E-state index contributed by atoms with van der Waals surface area (Å²) in [7, 11) is 1.57. The Kier molecular flexibility index (Phi) is 5.42. The van der Waals surface area contributed by atoms with Crippen LogP contribution in [0.25, 0.3) is 0 Å². The number of benzene rings is 1. The topological polar surface area (TPSA) is 58.6 Å². The Balaban J connectivity index is 1.92. The van der Waals surface area contributed by atoms with Gasteiger partial charge in [-0.25, -0.2) is 0 Å². The Bertz CT molecular complexity index is 547. The van der Waals surface area contributed by atoms with Gasteiger partial charge >= 0.3 is 0 Å². The van der Waals surface area contributed by atoms with E-state index >= 15 is 0 Å². The zero-order valence-electron chi connectivity index (χ0n) is 12.9. The summed E-state index contributed by atoms with van der Waals surface area (Å²) in [5.41, 5.74) is 0.100. The number of carbonyl (C=O) groups excluding carboxylic acids is 2. The Morgan fingerprint density at radius 3 is 2.68 bits per heavy atom.